The molecule has 2 rings (SSSR count). The molecule has 1 aromatic carbocycles. The highest BCUT2D eigenvalue weighted by atomic mass is 19.3. The van der Waals surface area contributed by atoms with E-state index in [-0.39, 0.29) is 18.1 Å². The molecule has 0 radical (unpaired) electrons. The number of aromatic hydroxyl groups is 1. The van der Waals surface area contributed by atoms with E-state index >= 15 is 0 Å². The van der Waals surface area contributed by atoms with Gasteiger partial charge < -0.3 is 5.11 Å². The highest BCUT2D eigenvalue weighted by Crippen LogP contribution is 2.53. The minimum absolute atomic E-state index is 0.0757. The number of hydrogen-bond donors (Lipinski definition) is 1. The van der Waals surface area contributed by atoms with E-state index in [1.807, 2.05) is 6.92 Å². The summed E-state index contributed by atoms with van der Waals surface area (Å²) in [5.74, 6) is -2.60. The van der Waals surface area contributed by atoms with Crippen molar-refractivity contribution in [2.75, 3.05) is 0 Å². The van der Waals surface area contributed by atoms with Gasteiger partial charge in [0.2, 0.25) is 0 Å². The summed E-state index contributed by atoms with van der Waals surface area (Å²) in [5.41, 5.74) is -0.754. The zero-order chi connectivity index (χ0) is 14.8. The molecular formula is C17H22F2O. The summed E-state index contributed by atoms with van der Waals surface area (Å²) in [4.78, 5) is 0. The quantitative estimate of drug-likeness (QED) is 0.765. The predicted octanol–water partition coefficient (Wildman–Crippen LogP) is 5.05. The monoisotopic (exact) mass is 280 g/mol. The highest BCUT2D eigenvalue weighted by molar-refractivity contribution is 5.38. The summed E-state index contributed by atoms with van der Waals surface area (Å²) in [7, 11) is 0. The van der Waals surface area contributed by atoms with Gasteiger partial charge in [0.25, 0.3) is 5.92 Å². The van der Waals surface area contributed by atoms with Crippen molar-refractivity contribution in [1.29, 1.82) is 0 Å². The van der Waals surface area contributed by atoms with Crippen LogP contribution in [-0.2, 0) is 5.41 Å². The molecule has 0 amide bonds. The summed E-state index contributed by atoms with van der Waals surface area (Å²) >= 11 is 0. The topological polar surface area (TPSA) is 20.2 Å². The van der Waals surface area contributed by atoms with Crippen LogP contribution < -0.4 is 0 Å². The molecule has 20 heavy (non-hydrogen) atoms. The number of hydrogen-bond acceptors (Lipinski definition) is 1. The molecule has 0 aliphatic heterocycles. The van der Waals surface area contributed by atoms with Gasteiger partial charge in [-0.3, -0.25) is 0 Å². The third kappa shape index (κ3) is 2.46. The third-order valence-electron chi connectivity index (χ3n) is 4.57. The maximum atomic E-state index is 14.8. The van der Waals surface area contributed by atoms with E-state index in [2.05, 4.69) is 6.58 Å². The zero-order valence-corrected chi connectivity index (χ0v) is 11.9. The first-order valence-electron chi connectivity index (χ1n) is 7.26. The molecule has 1 N–H and O–H groups in total. The first-order valence-corrected chi connectivity index (χ1v) is 7.26. The lowest BCUT2D eigenvalue weighted by molar-refractivity contribution is -0.105. The Bertz CT molecular complexity index is 466. The van der Waals surface area contributed by atoms with Gasteiger partial charge in [-0.2, -0.15) is 0 Å². The number of benzene rings is 1. The molecule has 0 spiro atoms. The summed E-state index contributed by atoms with van der Waals surface area (Å²) in [6, 6.07) is 6.11. The van der Waals surface area contributed by atoms with Crippen LogP contribution in [0.3, 0.4) is 0 Å². The van der Waals surface area contributed by atoms with Gasteiger partial charge in [-0.05, 0) is 36.5 Å². The molecule has 110 valence electrons. The number of phenols is 1. The van der Waals surface area contributed by atoms with Crippen LogP contribution in [0.5, 0.6) is 5.75 Å². The van der Waals surface area contributed by atoms with E-state index in [9.17, 15) is 13.9 Å². The Morgan fingerprint density at radius 1 is 1.35 bits per heavy atom. The van der Waals surface area contributed by atoms with Crippen LogP contribution in [0.1, 0.15) is 44.6 Å². The number of alkyl halides is 2. The number of allylic oxidation sites excluding steroid dienone is 1. The van der Waals surface area contributed by atoms with Gasteiger partial charge >= 0.3 is 0 Å². The van der Waals surface area contributed by atoms with Crippen molar-refractivity contribution in [1.82, 2.24) is 0 Å². The van der Waals surface area contributed by atoms with Crippen molar-refractivity contribution < 1.29 is 13.9 Å². The van der Waals surface area contributed by atoms with Gasteiger partial charge in [0.05, 0.1) is 5.41 Å². The second-order valence-electron chi connectivity index (χ2n) is 5.82. The van der Waals surface area contributed by atoms with Crippen LogP contribution in [0, 0.1) is 5.92 Å². The van der Waals surface area contributed by atoms with E-state index in [0.717, 1.165) is 19.3 Å². The van der Waals surface area contributed by atoms with Crippen molar-refractivity contribution in [2.24, 2.45) is 5.92 Å². The Morgan fingerprint density at radius 3 is 2.50 bits per heavy atom. The molecule has 2 atom stereocenters. The Hall–Kier alpha value is -1.38. The molecule has 0 heterocycles. The van der Waals surface area contributed by atoms with Gasteiger partial charge in [-0.25, -0.2) is 8.78 Å². The molecule has 0 aromatic heterocycles. The SMILES string of the molecule is C=CC1(c2ccc(O)cc2)CCC(CCC)CC1(F)F. The Balaban J connectivity index is 2.35. The van der Waals surface area contributed by atoms with Gasteiger partial charge in [-0.1, -0.05) is 38.0 Å². The van der Waals surface area contributed by atoms with Gasteiger partial charge in [0.1, 0.15) is 5.75 Å². The minimum Gasteiger partial charge on any atom is -0.508 e. The molecule has 0 saturated heterocycles. The number of rotatable bonds is 4. The van der Waals surface area contributed by atoms with Crippen LogP contribution in [0.25, 0.3) is 0 Å². The second-order valence-corrected chi connectivity index (χ2v) is 5.82. The fourth-order valence-electron chi connectivity index (χ4n) is 3.40. The molecule has 0 bridgehead atoms. The summed E-state index contributed by atoms with van der Waals surface area (Å²) in [6.07, 6.45) is 4.35. The summed E-state index contributed by atoms with van der Waals surface area (Å²) in [6.45, 7) is 5.71. The lowest BCUT2D eigenvalue weighted by Crippen LogP contribution is -2.48. The zero-order valence-electron chi connectivity index (χ0n) is 11.9. The van der Waals surface area contributed by atoms with Crippen molar-refractivity contribution in [3.05, 3.63) is 42.5 Å². The molecule has 1 nitrogen and oxygen atoms in total. The minimum atomic E-state index is -2.79. The average Bonchev–Trinajstić information content (AvgIpc) is 2.40. The standard InChI is InChI=1S/C17H22F2O/c1-3-5-13-10-11-16(4-2,17(18,19)12-13)14-6-8-15(20)9-7-14/h4,6-9,13,20H,2-3,5,10-12H2,1H3. The van der Waals surface area contributed by atoms with Gasteiger partial charge in [-0.15, -0.1) is 6.58 Å². The molecule has 2 unspecified atom stereocenters. The maximum Gasteiger partial charge on any atom is 0.261 e. The maximum absolute atomic E-state index is 14.8. The summed E-state index contributed by atoms with van der Waals surface area (Å²) < 4.78 is 29.5. The first kappa shape index (κ1) is 15.0. The van der Waals surface area contributed by atoms with Crippen LogP contribution in [0.15, 0.2) is 36.9 Å². The Labute approximate surface area is 119 Å². The fourth-order valence-corrected chi connectivity index (χ4v) is 3.40. The molecule has 3 heteroatoms. The van der Waals surface area contributed by atoms with Gasteiger partial charge in [0.15, 0.2) is 0 Å². The van der Waals surface area contributed by atoms with Crippen LogP contribution in [0.2, 0.25) is 0 Å². The smallest absolute Gasteiger partial charge is 0.261 e. The number of phenolic OH excluding ortho intramolecular Hbond substituents is 1. The van der Waals surface area contributed by atoms with E-state index < -0.39 is 11.3 Å². The average molecular weight is 280 g/mol. The molecule has 1 aliphatic rings. The largest absolute Gasteiger partial charge is 0.508 e. The van der Waals surface area contributed by atoms with E-state index in [1.54, 1.807) is 12.1 Å². The summed E-state index contributed by atoms with van der Waals surface area (Å²) in [5, 5.41) is 9.34. The van der Waals surface area contributed by atoms with Crippen molar-refractivity contribution in [3.63, 3.8) is 0 Å². The van der Waals surface area contributed by atoms with Crippen molar-refractivity contribution in [2.45, 2.75) is 50.4 Å². The Kier molecular flexibility index (Phi) is 4.17. The van der Waals surface area contributed by atoms with Crippen LogP contribution >= 0.6 is 0 Å². The van der Waals surface area contributed by atoms with E-state index in [4.69, 9.17) is 0 Å². The van der Waals surface area contributed by atoms with Crippen molar-refractivity contribution >= 4 is 0 Å². The van der Waals surface area contributed by atoms with Crippen molar-refractivity contribution in [3.8, 4) is 5.75 Å². The first-order chi connectivity index (χ1) is 9.45. The highest BCUT2D eigenvalue weighted by Gasteiger charge is 2.55. The molecular weight excluding hydrogens is 258 g/mol. The molecule has 1 saturated carbocycles. The third-order valence-corrected chi connectivity index (χ3v) is 4.57. The van der Waals surface area contributed by atoms with E-state index in [0.29, 0.717) is 12.0 Å². The lowest BCUT2D eigenvalue weighted by atomic mass is 9.63. The normalized spacial score (nSPS) is 29.1. The van der Waals surface area contributed by atoms with Crippen LogP contribution in [-0.4, -0.2) is 11.0 Å². The van der Waals surface area contributed by atoms with Gasteiger partial charge in [0, 0.05) is 6.42 Å². The molecule has 1 fully saturated rings. The lowest BCUT2D eigenvalue weighted by Gasteiger charge is -2.45. The Morgan fingerprint density at radius 2 is 2.00 bits per heavy atom. The number of halogens is 2. The van der Waals surface area contributed by atoms with Crippen LogP contribution in [0.4, 0.5) is 8.78 Å². The van der Waals surface area contributed by atoms with E-state index in [1.165, 1.54) is 18.2 Å². The molecule has 1 aromatic rings. The molecule has 1 aliphatic carbocycles. The predicted molar refractivity (Wildman–Crippen MR) is 77.2 cm³/mol. The second kappa shape index (κ2) is 5.55. The fraction of sp³-hybridized carbons (Fsp3) is 0.529.